The highest BCUT2D eigenvalue weighted by Crippen LogP contribution is 2.23. The molecule has 4 rings (SSSR count). The minimum absolute atomic E-state index is 0.215. The fourth-order valence-electron chi connectivity index (χ4n) is 2.58. The minimum atomic E-state index is -0.215. The first kappa shape index (κ1) is 14.0. The third-order valence-corrected chi connectivity index (χ3v) is 3.75. The van der Waals surface area contributed by atoms with E-state index in [-0.39, 0.29) is 5.56 Å². The predicted octanol–water partition coefficient (Wildman–Crippen LogP) is 2.38. The molecule has 0 amide bonds. The van der Waals surface area contributed by atoms with Crippen LogP contribution < -0.4 is 22.3 Å². The van der Waals surface area contributed by atoms with Crippen molar-refractivity contribution in [2.75, 3.05) is 16.8 Å². The normalized spacial score (nSPS) is 11.0. The van der Waals surface area contributed by atoms with E-state index in [0.29, 0.717) is 33.7 Å². The Morgan fingerprint density at radius 1 is 0.958 bits per heavy atom. The van der Waals surface area contributed by atoms with E-state index >= 15 is 0 Å². The van der Waals surface area contributed by atoms with Crippen LogP contribution in [0.3, 0.4) is 0 Å². The van der Waals surface area contributed by atoms with Gasteiger partial charge < -0.3 is 21.8 Å². The highest BCUT2D eigenvalue weighted by atomic mass is 16.1. The van der Waals surface area contributed by atoms with E-state index in [4.69, 9.17) is 11.5 Å². The Balaban J connectivity index is 1.87. The van der Waals surface area contributed by atoms with Gasteiger partial charge in [-0.1, -0.05) is 0 Å². The first-order valence-electron chi connectivity index (χ1n) is 7.31. The second-order valence-electron chi connectivity index (χ2n) is 5.46. The molecule has 0 aliphatic rings. The van der Waals surface area contributed by atoms with Crippen LogP contribution >= 0.6 is 0 Å². The fraction of sp³-hybridized carbons (Fsp3) is 0. The summed E-state index contributed by atoms with van der Waals surface area (Å²) >= 11 is 0. The summed E-state index contributed by atoms with van der Waals surface area (Å²) in [4.78, 5) is 23.7. The summed E-state index contributed by atoms with van der Waals surface area (Å²) in [6.45, 7) is 0. The van der Waals surface area contributed by atoms with Crippen molar-refractivity contribution < 1.29 is 0 Å². The first-order valence-corrected chi connectivity index (χ1v) is 7.31. The SMILES string of the molecule is Nc1ccc(Nc2ncc3[nH]c(=O)c4cc(N)ccc4c3n2)cc1. The van der Waals surface area contributed by atoms with Crippen molar-refractivity contribution in [3.63, 3.8) is 0 Å². The van der Waals surface area contributed by atoms with Crippen molar-refractivity contribution in [3.05, 3.63) is 59.0 Å². The van der Waals surface area contributed by atoms with E-state index in [1.165, 1.54) is 0 Å². The van der Waals surface area contributed by atoms with Gasteiger partial charge in [0.05, 0.1) is 17.1 Å². The number of nitrogens with one attached hydrogen (secondary N) is 2. The number of pyridine rings is 1. The van der Waals surface area contributed by atoms with E-state index in [2.05, 4.69) is 20.3 Å². The van der Waals surface area contributed by atoms with Gasteiger partial charge in [0.15, 0.2) is 0 Å². The zero-order valence-corrected chi connectivity index (χ0v) is 12.6. The molecule has 2 aromatic heterocycles. The molecule has 0 spiro atoms. The standard InChI is InChI=1S/C17H14N6O/c18-9-1-4-11(5-2-9)21-17-20-8-14-15(23-17)12-6-3-10(19)7-13(12)16(24)22-14/h1-8H,18-19H2,(H,22,24)(H,20,21,23). The molecule has 6 N–H and O–H groups in total. The molecule has 0 aliphatic carbocycles. The Bertz CT molecular complexity index is 1120. The molecule has 0 saturated carbocycles. The number of anilines is 4. The molecule has 0 unspecified atom stereocenters. The predicted molar refractivity (Wildman–Crippen MR) is 96.2 cm³/mol. The zero-order valence-electron chi connectivity index (χ0n) is 12.6. The van der Waals surface area contributed by atoms with Crippen LogP contribution in [0, 0.1) is 0 Å². The Morgan fingerprint density at radius 3 is 2.50 bits per heavy atom. The van der Waals surface area contributed by atoms with Crippen molar-refractivity contribution in [3.8, 4) is 0 Å². The maximum atomic E-state index is 12.2. The molecule has 4 aromatic rings. The summed E-state index contributed by atoms with van der Waals surface area (Å²) in [5, 5.41) is 4.35. The van der Waals surface area contributed by atoms with Gasteiger partial charge >= 0.3 is 0 Å². The van der Waals surface area contributed by atoms with Crippen LogP contribution in [-0.2, 0) is 0 Å². The van der Waals surface area contributed by atoms with Crippen molar-refractivity contribution in [1.82, 2.24) is 15.0 Å². The van der Waals surface area contributed by atoms with Gasteiger partial charge in [-0.15, -0.1) is 0 Å². The van der Waals surface area contributed by atoms with Gasteiger partial charge in [-0.2, -0.15) is 0 Å². The van der Waals surface area contributed by atoms with E-state index in [9.17, 15) is 4.79 Å². The highest BCUT2D eigenvalue weighted by Gasteiger charge is 2.09. The second-order valence-corrected chi connectivity index (χ2v) is 5.46. The summed E-state index contributed by atoms with van der Waals surface area (Å²) in [5.41, 5.74) is 14.5. The number of H-pyrrole nitrogens is 1. The monoisotopic (exact) mass is 318 g/mol. The lowest BCUT2D eigenvalue weighted by atomic mass is 10.1. The molecule has 24 heavy (non-hydrogen) atoms. The maximum absolute atomic E-state index is 12.2. The minimum Gasteiger partial charge on any atom is -0.399 e. The Morgan fingerprint density at radius 2 is 1.71 bits per heavy atom. The summed E-state index contributed by atoms with van der Waals surface area (Å²) in [5.74, 6) is 0.428. The number of hydrogen-bond acceptors (Lipinski definition) is 6. The van der Waals surface area contributed by atoms with Crippen LogP contribution in [0.1, 0.15) is 0 Å². The fourth-order valence-corrected chi connectivity index (χ4v) is 2.58. The molecule has 0 fully saturated rings. The van der Waals surface area contributed by atoms with Crippen LogP contribution in [-0.4, -0.2) is 15.0 Å². The smallest absolute Gasteiger partial charge is 0.256 e. The van der Waals surface area contributed by atoms with Gasteiger partial charge in [0.2, 0.25) is 5.95 Å². The lowest BCUT2D eigenvalue weighted by Gasteiger charge is -2.08. The number of aromatic nitrogens is 3. The van der Waals surface area contributed by atoms with Gasteiger partial charge in [0, 0.05) is 22.4 Å². The third-order valence-electron chi connectivity index (χ3n) is 3.75. The van der Waals surface area contributed by atoms with Crippen molar-refractivity contribution in [2.24, 2.45) is 0 Å². The lowest BCUT2D eigenvalue weighted by Crippen LogP contribution is -2.08. The van der Waals surface area contributed by atoms with Gasteiger partial charge in [0.25, 0.3) is 5.56 Å². The van der Waals surface area contributed by atoms with E-state index in [0.717, 1.165) is 11.1 Å². The number of fused-ring (bicyclic) bond motifs is 3. The highest BCUT2D eigenvalue weighted by molar-refractivity contribution is 6.03. The number of hydrogen-bond donors (Lipinski definition) is 4. The van der Waals surface area contributed by atoms with E-state index in [1.54, 1.807) is 36.5 Å². The van der Waals surface area contributed by atoms with Gasteiger partial charge in [0.1, 0.15) is 5.52 Å². The zero-order chi connectivity index (χ0) is 16.7. The molecule has 7 heteroatoms. The lowest BCUT2D eigenvalue weighted by molar-refractivity contribution is 1.19. The summed E-state index contributed by atoms with van der Waals surface area (Å²) in [6.07, 6.45) is 1.58. The Hall–Kier alpha value is -3.61. The summed E-state index contributed by atoms with van der Waals surface area (Å²) in [7, 11) is 0. The van der Waals surface area contributed by atoms with E-state index in [1.807, 2.05) is 12.1 Å². The molecular formula is C17H14N6O. The molecule has 2 aromatic carbocycles. The molecule has 118 valence electrons. The maximum Gasteiger partial charge on any atom is 0.256 e. The average Bonchev–Trinajstić information content (AvgIpc) is 2.58. The largest absolute Gasteiger partial charge is 0.399 e. The number of nitrogens with two attached hydrogens (primary N) is 2. The van der Waals surface area contributed by atoms with Crippen molar-refractivity contribution in [2.45, 2.75) is 0 Å². The van der Waals surface area contributed by atoms with Gasteiger partial charge in [-0.3, -0.25) is 4.79 Å². The molecule has 0 saturated heterocycles. The first-order chi connectivity index (χ1) is 11.6. The molecule has 2 heterocycles. The van der Waals surface area contributed by atoms with Gasteiger partial charge in [-0.25, -0.2) is 9.97 Å². The second kappa shape index (κ2) is 5.24. The van der Waals surface area contributed by atoms with Crippen molar-refractivity contribution in [1.29, 1.82) is 0 Å². The van der Waals surface area contributed by atoms with Gasteiger partial charge in [-0.05, 0) is 42.5 Å². The number of nitrogens with zero attached hydrogens (tertiary/aromatic N) is 2. The number of aromatic amines is 1. The van der Waals surface area contributed by atoms with E-state index < -0.39 is 0 Å². The Kier molecular flexibility index (Phi) is 3.06. The average molecular weight is 318 g/mol. The topological polar surface area (TPSA) is 123 Å². The Labute approximate surface area is 136 Å². The van der Waals surface area contributed by atoms with Crippen molar-refractivity contribution >= 4 is 44.8 Å². The van der Waals surface area contributed by atoms with Crippen LogP contribution in [0.4, 0.5) is 23.0 Å². The quantitative estimate of drug-likeness (QED) is 0.332. The number of benzene rings is 2. The molecule has 0 radical (unpaired) electrons. The summed E-state index contributed by atoms with van der Waals surface area (Å²) in [6, 6.07) is 12.4. The number of rotatable bonds is 2. The van der Waals surface area contributed by atoms with Crippen LogP contribution in [0.5, 0.6) is 0 Å². The molecular weight excluding hydrogens is 304 g/mol. The summed E-state index contributed by atoms with van der Waals surface area (Å²) < 4.78 is 0. The van der Waals surface area contributed by atoms with Crippen LogP contribution in [0.2, 0.25) is 0 Å². The molecule has 0 aliphatic heterocycles. The third kappa shape index (κ3) is 2.38. The molecule has 0 atom stereocenters. The van der Waals surface area contributed by atoms with Crippen LogP contribution in [0.15, 0.2) is 53.5 Å². The number of nitrogen functional groups attached to an aromatic ring is 2. The molecule has 0 bridgehead atoms. The van der Waals surface area contributed by atoms with Crippen LogP contribution in [0.25, 0.3) is 21.8 Å². The molecule has 7 nitrogen and oxygen atoms in total.